The Morgan fingerprint density at radius 3 is 2.24 bits per heavy atom. The van der Waals surface area contributed by atoms with Crippen LogP contribution in [-0.4, -0.2) is 45.3 Å². The number of sulfonamides is 1. The van der Waals surface area contributed by atoms with Crippen LogP contribution in [0.3, 0.4) is 0 Å². The van der Waals surface area contributed by atoms with E-state index in [4.69, 9.17) is 9.47 Å². The van der Waals surface area contributed by atoms with Crippen LogP contribution in [-0.2, 0) is 27.2 Å². The number of fused-ring (bicyclic) bond motifs is 1. The van der Waals surface area contributed by atoms with Crippen LogP contribution in [0.4, 0.5) is 11.4 Å². The van der Waals surface area contributed by atoms with Crippen molar-refractivity contribution in [2.24, 2.45) is 7.05 Å². The zero-order valence-electron chi connectivity index (χ0n) is 20.3. The highest BCUT2D eigenvalue weighted by atomic mass is 32.2. The average molecular weight is 488 g/mol. The molecule has 2 aromatic carbocycles. The Labute approximate surface area is 199 Å². The number of aryl methyl sites for hydroxylation is 1. The van der Waals surface area contributed by atoms with Gasteiger partial charge in [0.15, 0.2) is 5.75 Å². The lowest BCUT2D eigenvalue weighted by Gasteiger charge is -2.24. The van der Waals surface area contributed by atoms with Gasteiger partial charge in [0, 0.05) is 12.4 Å². The van der Waals surface area contributed by atoms with Crippen molar-refractivity contribution in [3.63, 3.8) is 0 Å². The van der Waals surface area contributed by atoms with Crippen LogP contribution in [0.5, 0.6) is 5.75 Å². The molecule has 1 aromatic heterocycles. The molecule has 0 fully saturated rings. The summed E-state index contributed by atoms with van der Waals surface area (Å²) in [5.41, 5.74) is 2.19. The van der Waals surface area contributed by atoms with Gasteiger partial charge in [-0.05, 0) is 35.2 Å². The number of para-hydroxylation sites is 1. The zero-order valence-corrected chi connectivity index (χ0v) is 21.1. The van der Waals surface area contributed by atoms with Gasteiger partial charge in [0.25, 0.3) is 5.91 Å². The third kappa shape index (κ3) is 5.01. The van der Waals surface area contributed by atoms with Crippen LogP contribution in [0.1, 0.15) is 47.2 Å². The third-order valence-electron chi connectivity index (χ3n) is 5.40. The van der Waals surface area contributed by atoms with Gasteiger partial charge in [-0.3, -0.25) is 9.52 Å². The molecule has 0 spiro atoms. The first-order valence-electron chi connectivity index (χ1n) is 10.4. The Bertz CT molecular complexity index is 1380. The molecule has 182 valence electrons. The summed E-state index contributed by atoms with van der Waals surface area (Å²) < 4.78 is 38.3. The quantitative estimate of drug-likeness (QED) is 0.510. The number of nitrogens with zero attached hydrogens (tertiary/aromatic N) is 1. The minimum Gasteiger partial charge on any atom is -0.492 e. The van der Waals surface area contributed by atoms with E-state index in [1.165, 1.54) is 14.2 Å². The summed E-state index contributed by atoms with van der Waals surface area (Å²) in [6.07, 6.45) is 1.04. The van der Waals surface area contributed by atoms with Crippen molar-refractivity contribution in [2.75, 3.05) is 30.5 Å². The van der Waals surface area contributed by atoms with Gasteiger partial charge in [-0.25, -0.2) is 13.2 Å². The Kier molecular flexibility index (Phi) is 6.66. The Morgan fingerprint density at radius 1 is 1.03 bits per heavy atom. The van der Waals surface area contributed by atoms with Crippen LogP contribution in [0.2, 0.25) is 0 Å². The molecule has 0 bridgehead atoms. The highest BCUT2D eigenvalue weighted by Crippen LogP contribution is 2.39. The Hall–Kier alpha value is -3.53. The van der Waals surface area contributed by atoms with Crippen LogP contribution in [0.15, 0.2) is 36.4 Å². The topological polar surface area (TPSA) is 116 Å². The highest BCUT2D eigenvalue weighted by Gasteiger charge is 2.24. The molecule has 1 amide bonds. The lowest BCUT2D eigenvalue weighted by Crippen LogP contribution is -2.19. The van der Waals surface area contributed by atoms with Gasteiger partial charge in [-0.1, -0.05) is 32.9 Å². The fourth-order valence-corrected chi connectivity index (χ4v) is 4.30. The van der Waals surface area contributed by atoms with Gasteiger partial charge in [0.05, 0.1) is 42.9 Å². The number of rotatable bonds is 6. The molecular formula is C24H29N3O6S. The second-order valence-corrected chi connectivity index (χ2v) is 10.8. The van der Waals surface area contributed by atoms with E-state index in [-0.39, 0.29) is 16.9 Å². The predicted molar refractivity (Wildman–Crippen MR) is 132 cm³/mol. The summed E-state index contributed by atoms with van der Waals surface area (Å²) in [5, 5.41) is 3.54. The first kappa shape index (κ1) is 25.1. The molecule has 0 saturated heterocycles. The van der Waals surface area contributed by atoms with Crippen LogP contribution in [0.25, 0.3) is 10.9 Å². The normalized spacial score (nSPS) is 11.9. The third-order valence-corrected chi connectivity index (χ3v) is 5.99. The smallest absolute Gasteiger partial charge is 0.340 e. The maximum atomic E-state index is 13.3. The summed E-state index contributed by atoms with van der Waals surface area (Å²) >= 11 is 0. The van der Waals surface area contributed by atoms with E-state index in [0.29, 0.717) is 27.8 Å². The van der Waals surface area contributed by atoms with Crippen LogP contribution < -0.4 is 14.8 Å². The molecule has 9 nitrogen and oxygen atoms in total. The monoisotopic (exact) mass is 487 g/mol. The van der Waals surface area contributed by atoms with Gasteiger partial charge in [0.2, 0.25) is 10.0 Å². The second-order valence-electron chi connectivity index (χ2n) is 9.01. The molecule has 10 heteroatoms. The Balaban J connectivity index is 2.13. The summed E-state index contributed by atoms with van der Waals surface area (Å²) in [6.45, 7) is 5.93. The van der Waals surface area contributed by atoms with Crippen LogP contribution in [0, 0.1) is 0 Å². The average Bonchev–Trinajstić information content (AvgIpc) is 3.08. The van der Waals surface area contributed by atoms with Crippen molar-refractivity contribution in [3.05, 3.63) is 53.2 Å². The van der Waals surface area contributed by atoms with E-state index < -0.39 is 21.9 Å². The number of methoxy groups -OCH3 is 2. The minimum absolute atomic E-state index is 0.181. The van der Waals surface area contributed by atoms with E-state index in [1.807, 2.05) is 20.8 Å². The van der Waals surface area contributed by atoms with E-state index >= 15 is 0 Å². The second kappa shape index (κ2) is 9.02. The number of ether oxygens (including phenoxy) is 2. The Morgan fingerprint density at radius 2 is 1.68 bits per heavy atom. The molecule has 0 aliphatic heterocycles. The molecule has 0 saturated carbocycles. The van der Waals surface area contributed by atoms with Gasteiger partial charge >= 0.3 is 5.97 Å². The molecule has 1 heterocycles. The lowest BCUT2D eigenvalue weighted by molar-refractivity contribution is 0.0602. The summed E-state index contributed by atoms with van der Waals surface area (Å²) in [6, 6.07) is 10.3. The van der Waals surface area contributed by atoms with Crippen molar-refractivity contribution in [1.29, 1.82) is 0 Å². The number of nitrogens with one attached hydrogen (secondary N) is 2. The molecule has 0 unspecified atom stereocenters. The van der Waals surface area contributed by atoms with Crippen molar-refractivity contribution < 1.29 is 27.5 Å². The van der Waals surface area contributed by atoms with Gasteiger partial charge < -0.3 is 19.4 Å². The number of carbonyl (C=O) groups is 2. The van der Waals surface area contributed by atoms with Crippen molar-refractivity contribution in [2.45, 2.75) is 26.2 Å². The molecule has 3 aromatic rings. The zero-order chi connectivity index (χ0) is 25.4. The highest BCUT2D eigenvalue weighted by molar-refractivity contribution is 7.92. The fourth-order valence-electron chi connectivity index (χ4n) is 3.75. The summed E-state index contributed by atoms with van der Waals surface area (Å²) in [7, 11) is 0.782. The SMILES string of the molecule is COC(=O)c1cccc2cc(C(=O)Nc3cc(C(C)(C)C)cc(NS(C)(=O)=O)c3OC)n(C)c12. The maximum Gasteiger partial charge on any atom is 0.340 e. The van der Waals surface area contributed by atoms with E-state index in [2.05, 4.69) is 10.0 Å². The summed E-state index contributed by atoms with van der Waals surface area (Å²) in [4.78, 5) is 25.5. The lowest BCUT2D eigenvalue weighted by atomic mass is 9.86. The van der Waals surface area contributed by atoms with Crippen molar-refractivity contribution in [1.82, 2.24) is 4.57 Å². The maximum absolute atomic E-state index is 13.3. The number of esters is 1. The van der Waals surface area contributed by atoms with Gasteiger partial charge in [-0.15, -0.1) is 0 Å². The molecule has 34 heavy (non-hydrogen) atoms. The number of anilines is 2. The van der Waals surface area contributed by atoms with E-state index in [9.17, 15) is 18.0 Å². The standard InChI is InChI=1S/C24H29N3O6S/c1-24(2,3)15-12-17(21(32-5)18(13-15)26-34(7,30)31)25-22(28)19-11-14-9-8-10-16(23(29)33-6)20(14)27(19)4/h8-13,26H,1-7H3,(H,25,28). The number of carbonyl (C=O) groups excluding carboxylic acids is 2. The van der Waals surface area contributed by atoms with Gasteiger partial charge in [0.1, 0.15) is 5.69 Å². The summed E-state index contributed by atoms with van der Waals surface area (Å²) in [5.74, 6) is -0.778. The first-order valence-corrected chi connectivity index (χ1v) is 12.3. The number of hydrogen-bond acceptors (Lipinski definition) is 6. The van der Waals surface area contributed by atoms with Gasteiger partial charge in [-0.2, -0.15) is 0 Å². The minimum atomic E-state index is -3.60. The molecular weight excluding hydrogens is 458 g/mol. The number of amides is 1. The van der Waals surface area contributed by atoms with E-state index in [0.717, 1.165) is 11.8 Å². The molecule has 2 N–H and O–H groups in total. The molecule has 0 atom stereocenters. The van der Waals surface area contributed by atoms with Crippen molar-refractivity contribution >= 4 is 44.2 Å². The largest absolute Gasteiger partial charge is 0.492 e. The van der Waals surface area contributed by atoms with E-state index in [1.54, 1.807) is 48.0 Å². The molecule has 3 rings (SSSR count). The number of aromatic nitrogens is 1. The van der Waals surface area contributed by atoms with Crippen LogP contribution >= 0.6 is 0 Å². The predicted octanol–water partition coefficient (Wildman–Crippen LogP) is 3.89. The number of hydrogen-bond donors (Lipinski definition) is 2. The molecule has 0 aliphatic carbocycles. The first-order chi connectivity index (χ1) is 15.8. The van der Waals surface area contributed by atoms with Crippen molar-refractivity contribution in [3.8, 4) is 5.75 Å². The number of benzene rings is 2. The fraction of sp³-hybridized carbons (Fsp3) is 0.333. The molecule has 0 radical (unpaired) electrons. The molecule has 0 aliphatic rings.